The third-order valence-electron chi connectivity index (χ3n) is 4.25. The topological polar surface area (TPSA) is 55.2 Å². The summed E-state index contributed by atoms with van der Waals surface area (Å²) in [5, 5.41) is 17.7. The average Bonchev–Trinajstić information content (AvgIpc) is 2.54. The Morgan fingerprint density at radius 2 is 1.85 bits per heavy atom. The molecule has 4 nitrogen and oxygen atoms in total. The number of aromatic nitrogens is 2. The number of methoxy groups -OCH3 is 1. The number of halogens is 4. The predicted molar refractivity (Wildman–Crippen MR) is 87.3 cm³/mol. The largest absolute Gasteiger partial charge is 0.496 e. The van der Waals surface area contributed by atoms with Gasteiger partial charge in [-0.25, -0.2) is 4.39 Å². The van der Waals surface area contributed by atoms with Gasteiger partial charge in [0, 0.05) is 18.2 Å². The molecule has 1 N–H and O–H groups in total. The second-order valence-electron chi connectivity index (χ2n) is 6.83. The summed E-state index contributed by atoms with van der Waals surface area (Å²) in [4.78, 5) is 0. The highest BCUT2D eigenvalue weighted by molar-refractivity contribution is 5.39. The number of nitrogens with zero attached hydrogens (tertiary/aromatic N) is 2. The van der Waals surface area contributed by atoms with E-state index in [1.54, 1.807) is 0 Å². The summed E-state index contributed by atoms with van der Waals surface area (Å²) in [5.41, 5.74) is -4.06. The van der Waals surface area contributed by atoms with Gasteiger partial charge in [0.05, 0.1) is 12.8 Å². The molecule has 0 aliphatic rings. The molecule has 0 fully saturated rings. The first-order valence-corrected chi connectivity index (χ1v) is 7.88. The van der Waals surface area contributed by atoms with Crippen molar-refractivity contribution in [1.29, 1.82) is 0 Å². The highest BCUT2D eigenvalue weighted by Crippen LogP contribution is 2.44. The summed E-state index contributed by atoms with van der Waals surface area (Å²) >= 11 is 0. The minimum atomic E-state index is -4.91. The van der Waals surface area contributed by atoms with Crippen molar-refractivity contribution in [2.24, 2.45) is 0 Å². The summed E-state index contributed by atoms with van der Waals surface area (Å²) in [5.74, 6) is -0.348. The maximum absolute atomic E-state index is 13.7. The standard InChI is InChI=1S/C18H20F4N2O2/c1-16(2,14-9-12(19)6-7-15(14)26-3)11-17(25,18(20,21)22)10-13-5-4-8-23-24-13/h4-9,25H,10-11H2,1-3H3. The van der Waals surface area contributed by atoms with Crippen molar-refractivity contribution in [1.82, 2.24) is 10.2 Å². The summed E-state index contributed by atoms with van der Waals surface area (Å²) < 4.78 is 59.9. The van der Waals surface area contributed by atoms with E-state index in [-0.39, 0.29) is 17.0 Å². The fourth-order valence-corrected chi connectivity index (χ4v) is 3.03. The molecule has 1 aromatic heterocycles. The molecule has 1 aromatic carbocycles. The number of hydrogen-bond donors (Lipinski definition) is 1. The van der Waals surface area contributed by atoms with Crippen LogP contribution in [0.1, 0.15) is 31.5 Å². The molecular formula is C18H20F4N2O2. The lowest BCUT2D eigenvalue weighted by atomic mass is 9.73. The van der Waals surface area contributed by atoms with Crippen molar-refractivity contribution in [3.8, 4) is 5.75 Å². The number of ether oxygens (including phenoxy) is 1. The maximum Gasteiger partial charge on any atom is 0.417 e. The third-order valence-corrected chi connectivity index (χ3v) is 4.25. The van der Waals surface area contributed by atoms with Gasteiger partial charge in [-0.2, -0.15) is 23.4 Å². The Kier molecular flexibility index (Phi) is 5.55. The SMILES string of the molecule is COc1ccc(F)cc1C(C)(C)CC(O)(Cc1cccnn1)C(F)(F)F. The maximum atomic E-state index is 13.7. The van der Waals surface area contributed by atoms with E-state index in [1.165, 1.54) is 45.4 Å². The first-order valence-electron chi connectivity index (χ1n) is 7.88. The average molecular weight is 372 g/mol. The normalized spacial score (nSPS) is 14.8. The zero-order valence-corrected chi connectivity index (χ0v) is 14.6. The van der Waals surface area contributed by atoms with Crippen LogP contribution in [0, 0.1) is 5.82 Å². The van der Waals surface area contributed by atoms with Crippen LogP contribution in [0.4, 0.5) is 17.6 Å². The number of rotatable bonds is 6. The van der Waals surface area contributed by atoms with Gasteiger partial charge in [0.2, 0.25) is 0 Å². The van der Waals surface area contributed by atoms with Gasteiger partial charge in [-0.05, 0) is 42.2 Å². The molecule has 142 valence electrons. The fourth-order valence-electron chi connectivity index (χ4n) is 3.03. The Bertz CT molecular complexity index is 751. The van der Waals surface area contributed by atoms with Crippen LogP contribution in [0.3, 0.4) is 0 Å². The second kappa shape index (κ2) is 7.19. The van der Waals surface area contributed by atoms with Gasteiger partial charge >= 0.3 is 6.18 Å². The van der Waals surface area contributed by atoms with Crippen molar-refractivity contribution in [2.45, 2.75) is 43.9 Å². The van der Waals surface area contributed by atoms with Gasteiger partial charge < -0.3 is 9.84 Å². The van der Waals surface area contributed by atoms with Gasteiger partial charge in [-0.1, -0.05) is 13.8 Å². The number of benzene rings is 1. The van der Waals surface area contributed by atoms with Crippen LogP contribution in [0.2, 0.25) is 0 Å². The van der Waals surface area contributed by atoms with E-state index in [4.69, 9.17) is 4.74 Å². The van der Waals surface area contributed by atoms with Crippen molar-refractivity contribution in [3.63, 3.8) is 0 Å². The first kappa shape index (κ1) is 20.1. The Morgan fingerprint density at radius 1 is 1.15 bits per heavy atom. The van der Waals surface area contributed by atoms with Crippen LogP contribution in [0.15, 0.2) is 36.5 Å². The van der Waals surface area contributed by atoms with Gasteiger partial charge in [0.1, 0.15) is 11.6 Å². The molecule has 2 rings (SSSR count). The molecule has 0 saturated heterocycles. The first-order chi connectivity index (χ1) is 12.0. The molecule has 1 unspecified atom stereocenters. The smallest absolute Gasteiger partial charge is 0.417 e. The molecule has 0 saturated carbocycles. The van der Waals surface area contributed by atoms with E-state index in [9.17, 15) is 22.7 Å². The predicted octanol–water partition coefficient (Wildman–Crippen LogP) is 3.83. The molecule has 1 heterocycles. The lowest BCUT2D eigenvalue weighted by Gasteiger charge is -2.38. The highest BCUT2D eigenvalue weighted by atomic mass is 19.4. The van der Waals surface area contributed by atoms with Crippen LogP contribution in [-0.2, 0) is 11.8 Å². The summed E-state index contributed by atoms with van der Waals surface area (Å²) in [6.45, 7) is 3.00. The van der Waals surface area contributed by atoms with E-state index < -0.39 is 35.9 Å². The summed E-state index contributed by atoms with van der Waals surface area (Å²) in [6.07, 6.45) is -5.05. The molecule has 0 aliphatic heterocycles. The second-order valence-corrected chi connectivity index (χ2v) is 6.83. The van der Waals surface area contributed by atoms with Crippen LogP contribution >= 0.6 is 0 Å². The molecule has 0 bridgehead atoms. The molecule has 1 atom stereocenters. The zero-order valence-electron chi connectivity index (χ0n) is 14.6. The molecule has 0 spiro atoms. The lowest BCUT2D eigenvalue weighted by Crippen LogP contribution is -2.51. The summed E-state index contributed by atoms with van der Waals surface area (Å²) in [6, 6.07) is 6.44. The van der Waals surface area contributed by atoms with Gasteiger partial charge in [-0.15, -0.1) is 0 Å². The van der Waals surface area contributed by atoms with Crippen LogP contribution in [0.25, 0.3) is 0 Å². The molecule has 0 aliphatic carbocycles. The molecule has 8 heteroatoms. The van der Waals surface area contributed by atoms with Gasteiger partial charge in [0.15, 0.2) is 5.60 Å². The van der Waals surface area contributed by atoms with E-state index in [1.807, 2.05) is 0 Å². The van der Waals surface area contributed by atoms with Gasteiger partial charge in [0.25, 0.3) is 0 Å². The fraction of sp³-hybridized carbons (Fsp3) is 0.444. The summed E-state index contributed by atoms with van der Waals surface area (Å²) in [7, 11) is 1.35. The van der Waals surface area contributed by atoms with E-state index in [2.05, 4.69) is 10.2 Å². The van der Waals surface area contributed by atoms with E-state index in [0.717, 1.165) is 12.1 Å². The Labute approximate surface area is 148 Å². The van der Waals surface area contributed by atoms with Crippen LogP contribution in [-0.4, -0.2) is 34.2 Å². The Hall–Kier alpha value is -2.22. The monoisotopic (exact) mass is 372 g/mol. The van der Waals surface area contributed by atoms with E-state index in [0.29, 0.717) is 0 Å². The third kappa shape index (κ3) is 4.30. The molecule has 2 aromatic rings. The van der Waals surface area contributed by atoms with Crippen molar-refractivity contribution in [3.05, 3.63) is 53.6 Å². The number of hydrogen-bond acceptors (Lipinski definition) is 4. The highest BCUT2D eigenvalue weighted by Gasteiger charge is 2.56. The molecule has 0 radical (unpaired) electrons. The van der Waals surface area contributed by atoms with Crippen molar-refractivity contribution in [2.75, 3.05) is 7.11 Å². The zero-order chi connectivity index (χ0) is 19.6. The lowest BCUT2D eigenvalue weighted by molar-refractivity contribution is -0.266. The Morgan fingerprint density at radius 3 is 2.38 bits per heavy atom. The Balaban J connectivity index is 2.43. The van der Waals surface area contributed by atoms with Crippen molar-refractivity contribution < 1.29 is 27.4 Å². The van der Waals surface area contributed by atoms with Gasteiger partial charge in [-0.3, -0.25) is 0 Å². The quantitative estimate of drug-likeness (QED) is 0.783. The van der Waals surface area contributed by atoms with Crippen LogP contribution in [0.5, 0.6) is 5.75 Å². The molecule has 26 heavy (non-hydrogen) atoms. The molecule has 0 amide bonds. The minimum absolute atomic E-state index is 0.00864. The van der Waals surface area contributed by atoms with E-state index >= 15 is 0 Å². The molecular weight excluding hydrogens is 352 g/mol. The number of aliphatic hydroxyl groups is 1. The minimum Gasteiger partial charge on any atom is -0.496 e. The number of alkyl halides is 3. The van der Waals surface area contributed by atoms with Crippen molar-refractivity contribution >= 4 is 0 Å². The van der Waals surface area contributed by atoms with Crippen LogP contribution < -0.4 is 4.74 Å².